The molecule has 1 aromatic carbocycles. The molecule has 1 N–H and O–H groups in total. The highest BCUT2D eigenvalue weighted by Gasteiger charge is 2.59. The van der Waals surface area contributed by atoms with Gasteiger partial charge in [0, 0.05) is 29.2 Å². The number of nitrogens with zero attached hydrogens (tertiary/aromatic N) is 1. The Balaban J connectivity index is 1.60. The summed E-state index contributed by atoms with van der Waals surface area (Å²) in [5.41, 5.74) is 0.405. The van der Waals surface area contributed by atoms with Gasteiger partial charge < -0.3 is 5.32 Å². The first-order chi connectivity index (χ1) is 13.9. The van der Waals surface area contributed by atoms with Crippen molar-refractivity contribution in [2.75, 3.05) is 13.1 Å². The Hall–Kier alpha value is -0.990. The number of hydrogen-bond acceptors (Lipinski definition) is 3. The minimum absolute atomic E-state index is 0.0108. The van der Waals surface area contributed by atoms with E-state index in [2.05, 4.69) is 42.0 Å². The summed E-state index contributed by atoms with van der Waals surface area (Å²) < 4.78 is 41.6. The molecule has 2 aliphatic carbocycles. The molecular weight excluding hydrogens is 471 g/mol. The molecule has 166 valence electrons. The highest BCUT2D eigenvalue weighted by atomic mass is 79.9. The SMILES string of the molecule is CC12CCC(C1)C(C)(C)C2NC(=O)c1ccc(Br)c(S(=O)(=O)N2CCCC(F)C2)c1. The maximum absolute atomic E-state index is 13.8. The number of carbonyl (C=O) groups excluding carboxylic acids is 1. The van der Waals surface area contributed by atoms with E-state index >= 15 is 0 Å². The van der Waals surface area contributed by atoms with Gasteiger partial charge in [0.25, 0.3) is 5.91 Å². The van der Waals surface area contributed by atoms with Gasteiger partial charge in [-0.25, -0.2) is 12.8 Å². The molecule has 8 heteroatoms. The first-order valence-electron chi connectivity index (χ1n) is 10.7. The third-order valence-electron chi connectivity index (χ3n) is 7.68. The molecule has 0 aromatic heterocycles. The molecule has 1 saturated heterocycles. The summed E-state index contributed by atoms with van der Waals surface area (Å²) >= 11 is 3.31. The molecule has 4 rings (SSSR count). The molecule has 3 aliphatic rings. The van der Waals surface area contributed by atoms with Crippen molar-refractivity contribution in [3.05, 3.63) is 28.2 Å². The third kappa shape index (κ3) is 3.62. The lowest BCUT2D eigenvalue weighted by Gasteiger charge is -2.43. The standard InChI is InChI=1S/C22H30BrFN2O3S/c1-21(2)15-8-9-22(3,12-15)20(21)25-19(27)14-6-7-17(23)18(11-14)30(28,29)26-10-4-5-16(24)13-26/h6-7,11,15-16,20H,4-5,8-10,12-13H2,1-3H3,(H,25,27). The van der Waals surface area contributed by atoms with E-state index in [9.17, 15) is 17.6 Å². The minimum atomic E-state index is -3.89. The van der Waals surface area contributed by atoms with Gasteiger partial charge in [-0.2, -0.15) is 4.31 Å². The summed E-state index contributed by atoms with van der Waals surface area (Å²) in [6, 6.07) is 4.69. The van der Waals surface area contributed by atoms with E-state index in [1.54, 1.807) is 12.1 Å². The number of carbonyl (C=O) groups is 1. The van der Waals surface area contributed by atoms with Crippen molar-refractivity contribution in [3.63, 3.8) is 0 Å². The molecule has 3 fully saturated rings. The van der Waals surface area contributed by atoms with Crippen molar-refractivity contribution < 1.29 is 17.6 Å². The van der Waals surface area contributed by atoms with Crippen LogP contribution in [-0.2, 0) is 10.0 Å². The highest BCUT2D eigenvalue weighted by molar-refractivity contribution is 9.10. The van der Waals surface area contributed by atoms with Gasteiger partial charge in [0.05, 0.1) is 4.90 Å². The largest absolute Gasteiger partial charge is 0.348 e. The maximum Gasteiger partial charge on any atom is 0.251 e. The molecule has 1 heterocycles. The van der Waals surface area contributed by atoms with Gasteiger partial charge in [-0.3, -0.25) is 4.79 Å². The molecular formula is C22H30BrFN2O3S. The quantitative estimate of drug-likeness (QED) is 0.660. The minimum Gasteiger partial charge on any atom is -0.348 e. The topological polar surface area (TPSA) is 66.5 Å². The lowest BCUT2D eigenvalue weighted by molar-refractivity contribution is 0.0737. The first-order valence-corrected chi connectivity index (χ1v) is 12.9. The average Bonchev–Trinajstić information content (AvgIpc) is 3.16. The van der Waals surface area contributed by atoms with Crippen LogP contribution in [0.3, 0.4) is 0 Å². The normalized spacial score (nSPS) is 33.6. The van der Waals surface area contributed by atoms with E-state index < -0.39 is 16.2 Å². The smallest absolute Gasteiger partial charge is 0.251 e. The Morgan fingerprint density at radius 1 is 1.27 bits per heavy atom. The lowest BCUT2D eigenvalue weighted by atomic mass is 9.68. The third-order valence-corrected chi connectivity index (χ3v) is 10.5. The van der Waals surface area contributed by atoms with Crippen molar-refractivity contribution in [2.24, 2.45) is 16.7 Å². The highest BCUT2D eigenvalue weighted by Crippen LogP contribution is 2.62. The number of nitrogens with one attached hydrogen (secondary N) is 1. The van der Waals surface area contributed by atoms with E-state index in [1.807, 2.05) is 0 Å². The molecule has 1 aliphatic heterocycles. The summed E-state index contributed by atoms with van der Waals surface area (Å²) in [6.07, 6.45) is 3.14. The number of halogens is 2. The van der Waals surface area contributed by atoms with E-state index in [4.69, 9.17) is 0 Å². The molecule has 0 spiro atoms. The van der Waals surface area contributed by atoms with Crippen LogP contribution in [0.2, 0.25) is 0 Å². The number of hydrogen-bond donors (Lipinski definition) is 1. The van der Waals surface area contributed by atoms with Crippen molar-refractivity contribution in [2.45, 2.75) is 70.0 Å². The van der Waals surface area contributed by atoms with Crippen LogP contribution in [0.15, 0.2) is 27.6 Å². The van der Waals surface area contributed by atoms with Crippen LogP contribution in [0.25, 0.3) is 0 Å². The van der Waals surface area contributed by atoms with E-state index in [0.29, 0.717) is 35.3 Å². The molecule has 4 atom stereocenters. The fraction of sp³-hybridized carbons (Fsp3) is 0.682. The second-order valence-corrected chi connectivity index (χ2v) is 12.8. The van der Waals surface area contributed by atoms with Crippen LogP contribution in [-0.4, -0.2) is 43.9 Å². The Morgan fingerprint density at radius 2 is 2.00 bits per heavy atom. The van der Waals surface area contributed by atoms with Gasteiger partial charge >= 0.3 is 0 Å². The van der Waals surface area contributed by atoms with Gasteiger partial charge in [0.1, 0.15) is 6.17 Å². The average molecular weight is 501 g/mol. The van der Waals surface area contributed by atoms with Crippen molar-refractivity contribution in [1.29, 1.82) is 0 Å². The summed E-state index contributed by atoms with van der Waals surface area (Å²) in [5.74, 6) is 0.342. The van der Waals surface area contributed by atoms with Gasteiger partial charge in [-0.15, -0.1) is 0 Å². The number of piperidine rings is 1. The molecule has 0 radical (unpaired) electrons. The number of benzene rings is 1. The molecule has 5 nitrogen and oxygen atoms in total. The zero-order valence-electron chi connectivity index (χ0n) is 17.7. The fourth-order valence-corrected chi connectivity index (χ4v) is 8.43. The first kappa shape index (κ1) is 22.2. The Kier molecular flexibility index (Phi) is 5.59. The summed E-state index contributed by atoms with van der Waals surface area (Å²) in [7, 11) is -3.89. The van der Waals surface area contributed by atoms with Gasteiger partial charge in [-0.05, 0) is 83.0 Å². The van der Waals surface area contributed by atoms with Crippen LogP contribution in [0.5, 0.6) is 0 Å². The predicted octanol–water partition coefficient (Wildman–Crippen LogP) is 4.52. The van der Waals surface area contributed by atoms with Gasteiger partial charge in [0.15, 0.2) is 0 Å². The summed E-state index contributed by atoms with van der Waals surface area (Å²) in [4.78, 5) is 13.1. The van der Waals surface area contributed by atoms with Crippen molar-refractivity contribution >= 4 is 31.9 Å². The van der Waals surface area contributed by atoms with E-state index in [0.717, 1.165) is 12.8 Å². The fourth-order valence-electron chi connectivity index (χ4n) is 5.97. The van der Waals surface area contributed by atoms with Gasteiger partial charge in [-0.1, -0.05) is 20.8 Å². The summed E-state index contributed by atoms with van der Waals surface area (Å²) in [5, 5.41) is 3.22. The summed E-state index contributed by atoms with van der Waals surface area (Å²) in [6.45, 7) is 6.83. The van der Waals surface area contributed by atoms with Crippen molar-refractivity contribution in [1.82, 2.24) is 9.62 Å². The second-order valence-electron chi connectivity index (χ2n) is 10.1. The number of sulfonamides is 1. The molecule has 1 aromatic rings. The molecule has 1 amide bonds. The lowest BCUT2D eigenvalue weighted by Crippen LogP contribution is -2.52. The second kappa shape index (κ2) is 7.55. The monoisotopic (exact) mass is 500 g/mol. The predicted molar refractivity (Wildman–Crippen MR) is 118 cm³/mol. The van der Waals surface area contributed by atoms with Crippen LogP contribution in [0, 0.1) is 16.7 Å². The Labute approximate surface area is 187 Å². The Bertz CT molecular complexity index is 962. The molecule has 4 unspecified atom stereocenters. The van der Waals surface area contributed by atoms with Crippen LogP contribution >= 0.6 is 15.9 Å². The number of rotatable bonds is 4. The van der Waals surface area contributed by atoms with E-state index in [-0.39, 0.29) is 34.2 Å². The number of fused-ring (bicyclic) bond motifs is 2. The van der Waals surface area contributed by atoms with Crippen molar-refractivity contribution in [3.8, 4) is 0 Å². The number of alkyl halides is 1. The molecule has 2 saturated carbocycles. The van der Waals surface area contributed by atoms with Crippen LogP contribution in [0.1, 0.15) is 63.2 Å². The molecule has 30 heavy (non-hydrogen) atoms. The zero-order chi connectivity index (χ0) is 21.9. The zero-order valence-corrected chi connectivity index (χ0v) is 20.2. The van der Waals surface area contributed by atoms with Crippen LogP contribution < -0.4 is 5.32 Å². The Morgan fingerprint density at radius 3 is 2.63 bits per heavy atom. The van der Waals surface area contributed by atoms with Crippen LogP contribution in [0.4, 0.5) is 4.39 Å². The van der Waals surface area contributed by atoms with E-state index in [1.165, 1.54) is 16.8 Å². The number of amides is 1. The maximum atomic E-state index is 13.8. The van der Waals surface area contributed by atoms with Gasteiger partial charge in [0.2, 0.25) is 10.0 Å². The molecule has 2 bridgehead atoms.